The van der Waals surface area contributed by atoms with Crippen LogP contribution in [-0.4, -0.2) is 31.1 Å². The van der Waals surface area contributed by atoms with Crippen molar-refractivity contribution in [2.45, 2.75) is 23.8 Å². The number of halogens is 1. The van der Waals surface area contributed by atoms with E-state index in [1.54, 1.807) is 24.3 Å². The summed E-state index contributed by atoms with van der Waals surface area (Å²) in [5, 5.41) is 3.38. The maximum Gasteiger partial charge on any atom is 0.277 e. The molecular formula is C15H14ClN5O2S. The van der Waals surface area contributed by atoms with Crippen molar-refractivity contribution in [2.24, 2.45) is 0 Å². The van der Waals surface area contributed by atoms with Gasteiger partial charge < -0.3 is 10.3 Å². The highest BCUT2D eigenvalue weighted by molar-refractivity contribution is 8.00. The van der Waals surface area contributed by atoms with Gasteiger partial charge in [-0.15, -0.1) is 0 Å². The molecule has 0 spiro atoms. The number of nitrogens with zero attached hydrogens (tertiary/aromatic N) is 2. The SMILES string of the molecule is CC[C@H](Sc1nc2nc[nH]c2c(=O)[nH]1)C(=O)Nc1ccc(Cl)cc1. The summed E-state index contributed by atoms with van der Waals surface area (Å²) < 4.78 is 0. The third-order valence-electron chi connectivity index (χ3n) is 3.30. The van der Waals surface area contributed by atoms with Crippen molar-refractivity contribution in [3.63, 3.8) is 0 Å². The first-order valence-corrected chi connectivity index (χ1v) is 8.49. The number of anilines is 1. The molecule has 7 nitrogen and oxygen atoms in total. The number of thioether (sulfide) groups is 1. The van der Waals surface area contributed by atoms with Crippen molar-refractivity contribution in [1.82, 2.24) is 19.9 Å². The van der Waals surface area contributed by atoms with E-state index in [1.807, 2.05) is 6.92 Å². The number of amides is 1. The van der Waals surface area contributed by atoms with E-state index in [4.69, 9.17) is 11.6 Å². The molecule has 0 unspecified atom stereocenters. The normalized spacial score (nSPS) is 12.2. The molecular weight excluding hydrogens is 350 g/mol. The number of hydrogen-bond acceptors (Lipinski definition) is 5. The summed E-state index contributed by atoms with van der Waals surface area (Å²) >= 11 is 7.02. The Morgan fingerprint density at radius 2 is 2.12 bits per heavy atom. The van der Waals surface area contributed by atoms with Crippen LogP contribution in [0.1, 0.15) is 13.3 Å². The van der Waals surface area contributed by atoms with Crippen LogP contribution in [0.4, 0.5) is 5.69 Å². The zero-order valence-electron chi connectivity index (χ0n) is 12.7. The Bertz CT molecular complexity index is 922. The number of H-pyrrole nitrogens is 2. The number of rotatable bonds is 5. The topological polar surface area (TPSA) is 104 Å². The van der Waals surface area contributed by atoms with Crippen molar-refractivity contribution in [3.05, 3.63) is 46.0 Å². The molecule has 1 atom stereocenters. The average Bonchev–Trinajstić information content (AvgIpc) is 3.03. The molecule has 124 valence electrons. The predicted octanol–water partition coefficient (Wildman–Crippen LogP) is 2.81. The Balaban J connectivity index is 1.76. The summed E-state index contributed by atoms with van der Waals surface area (Å²) in [6.07, 6.45) is 1.98. The molecule has 9 heteroatoms. The van der Waals surface area contributed by atoms with Gasteiger partial charge in [-0.25, -0.2) is 9.97 Å². The Hall–Kier alpha value is -2.32. The second kappa shape index (κ2) is 7.06. The predicted molar refractivity (Wildman–Crippen MR) is 94.5 cm³/mol. The van der Waals surface area contributed by atoms with Gasteiger partial charge in [0.05, 0.1) is 11.6 Å². The van der Waals surface area contributed by atoms with E-state index >= 15 is 0 Å². The number of fused-ring (bicyclic) bond motifs is 1. The number of carbonyl (C=O) groups excluding carboxylic acids is 1. The van der Waals surface area contributed by atoms with Gasteiger partial charge in [-0.2, -0.15) is 0 Å². The fourth-order valence-corrected chi connectivity index (χ4v) is 3.11. The number of carbonyl (C=O) groups is 1. The molecule has 0 radical (unpaired) electrons. The summed E-state index contributed by atoms with van der Waals surface area (Å²) in [5.41, 5.74) is 0.993. The van der Waals surface area contributed by atoms with Crippen LogP contribution in [-0.2, 0) is 4.79 Å². The maximum absolute atomic E-state index is 12.4. The van der Waals surface area contributed by atoms with E-state index < -0.39 is 5.25 Å². The van der Waals surface area contributed by atoms with E-state index in [9.17, 15) is 9.59 Å². The summed E-state index contributed by atoms with van der Waals surface area (Å²) in [4.78, 5) is 38.0. The van der Waals surface area contributed by atoms with Crippen molar-refractivity contribution in [3.8, 4) is 0 Å². The average molecular weight is 364 g/mol. The lowest BCUT2D eigenvalue weighted by molar-refractivity contribution is -0.115. The monoisotopic (exact) mass is 363 g/mol. The van der Waals surface area contributed by atoms with Gasteiger partial charge in [-0.1, -0.05) is 30.3 Å². The molecule has 2 heterocycles. The second-order valence-electron chi connectivity index (χ2n) is 4.98. The number of benzene rings is 1. The Morgan fingerprint density at radius 3 is 2.83 bits per heavy atom. The largest absolute Gasteiger partial charge is 0.339 e. The Labute approximate surface area is 146 Å². The Kier molecular flexibility index (Phi) is 4.86. The minimum absolute atomic E-state index is 0.172. The molecule has 24 heavy (non-hydrogen) atoms. The first-order chi connectivity index (χ1) is 11.6. The van der Waals surface area contributed by atoms with Gasteiger partial charge in [0.2, 0.25) is 5.91 Å². The number of aromatic nitrogens is 4. The third kappa shape index (κ3) is 3.60. The lowest BCUT2D eigenvalue weighted by Crippen LogP contribution is -2.25. The molecule has 0 saturated heterocycles. The lowest BCUT2D eigenvalue weighted by atomic mass is 10.3. The van der Waals surface area contributed by atoms with Crippen LogP contribution in [0.25, 0.3) is 11.2 Å². The van der Waals surface area contributed by atoms with Crippen LogP contribution in [0.2, 0.25) is 5.02 Å². The van der Waals surface area contributed by atoms with Gasteiger partial charge in [0.15, 0.2) is 16.3 Å². The molecule has 1 amide bonds. The molecule has 0 aliphatic carbocycles. The number of hydrogen-bond donors (Lipinski definition) is 3. The van der Waals surface area contributed by atoms with E-state index in [0.717, 1.165) is 0 Å². The highest BCUT2D eigenvalue weighted by Crippen LogP contribution is 2.24. The number of aromatic amines is 2. The Morgan fingerprint density at radius 1 is 1.38 bits per heavy atom. The van der Waals surface area contributed by atoms with Crippen LogP contribution < -0.4 is 10.9 Å². The van der Waals surface area contributed by atoms with Crippen LogP contribution in [0, 0.1) is 0 Å². The molecule has 2 aromatic heterocycles. The molecule has 0 bridgehead atoms. The summed E-state index contributed by atoms with van der Waals surface area (Å²) in [5.74, 6) is -0.172. The molecule has 3 rings (SSSR count). The van der Waals surface area contributed by atoms with E-state index in [-0.39, 0.29) is 11.5 Å². The second-order valence-corrected chi connectivity index (χ2v) is 6.61. The zero-order valence-corrected chi connectivity index (χ0v) is 14.2. The quantitative estimate of drug-likeness (QED) is 0.477. The highest BCUT2D eigenvalue weighted by Gasteiger charge is 2.20. The smallest absolute Gasteiger partial charge is 0.277 e. The molecule has 0 aliphatic heterocycles. The first-order valence-electron chi connectivity index (χ1n) is 7.23. The van der Waals surface area contributed by atoms with E-state index in [2.05, 4.69) is 25.3 Å². The van der Waals surface area contributed by atoms with Crippen molar-refractivity contribution < 1.29 is 4.79 Å². The van der Waals surface area contributed by atoms with Gasteiger partial charge in [0.25, 0.3) is 5.56 Å². The van der Waals surface area contributed by atoms with E-state index in [1.165, 1.54) is 18.1 Å². The third-order valence-corrected chi connectivity index (χ3v) is 4.80. The highest BCUT2D eigenvalue weighted by atomic mass is 35.5. The van der Waals surface area contributed by atoms with Crippen LogP contribution in [0.3, 0.4) is 0 Å². The summed E-state index contributed by atoms with van der Waals surface area (Å²) in [7, 11) is 0. The van der Waals surface area contributed by atoms with Crippen LogP contribution >= 0.6 is 23.4 Å². The molecule has 1 aromatic carbocycles. The summed E-state index contributed by atoms with van der Waals surface area (Å²) in [6, 6.07) is 6.87. The maximum atomic E-state index is 12.4. The van der Waals surface area contributed by atoms with Gasteiger partial charge in [0, 0.05) is 10.7 Å². The molecule has 3 N–H and O–H groups in total. The minimum atomic E-state index is -0.403. The molecule has 0 aliphatic rings. The van der Waals surface area contributed by atoms with Gasteiger partial charge in [-0.3, -0.25) is 14.6 Å². The van der Waals surface area contributed by atoms with E-state index in [0.29, 0.717) is 33.5 Å². The van der Waals surface area contributed by atoms with Crippen molar-refractivity contribution in [1.29, 1.82) is 0 Å². The molecule has 3 aromatic rings. The van der Waals surface area contributed by atoms with Crippen molar-refractivity contribution in [2.75, 3.05) is 5.32 Å². The number of imidazole rings is 1. The standard InChI is InChI=1S/C15H14ClN5O2S/c1-2-10(13(22)19-9-5-3-8(16)4-6-9)24-15-20-12-11(14(23)21-15)17-7-18-12/h3-7,10H,2H2,1H3,(H,19,22)(H2,17,18,20,21,23)/t10-/m0/s1. The molecule has 0 saturated carbocycles. The van der Waals surface area contributed by atoms with Crippen LogP contribution in [0.5, 0.6) is 0 Å². The molecule has 0 fully saturated rings. The van der Waals surface area contributed by atoms with Gasteiger partial charge >= 0.3 is 0 Å². The van der Waals surface area contributed by atoms with Gasteiger partial charge in [-0.05, 0) is 30.7 Å². The summed E-state index contributed by atoms with van der Waals surface area (Å²) in [6.45, 7) is 1.89. The fraction of sp³-hybridized carbons (Fsp3) is 0.200. The fourth-order valence-electron chi connectivity index (χ4n) is 2.09. The number of nitrogens with one attached hydrogen (secondary N) is 3. The zero-order chi connectivity index (χ0) is 17.1. The minimum Gasteiger partial charge on any atom is -0.339 e. The van der Waals surface area contributed by atoms with Gasteiger partial charge in [0.1, 0.15) is 0 Å². The first kappa shape index (κ1) is 16.5. The van der Waals surface area contributed by atoms with Crippen LogP contribution in [0.15, 0.2) is 40.5 Å². The lowest BCUT2D eigenvalue weighted by Gasteiger charge is -2.14. The van der Waals surface area contributed by atoms with Crippen molar-refractivity contribution >= 4 is 46.1 Å².